The first-order valence-corrected chi connectivity index (χ1v) is 6.60. The second kappa shape index (κ2) is 5.09. The van der Waals surface area contributed by atoms with E-state index in [-0.39, 0.29) is 17.2 Å². The first kappa shape index (κ1) is 13.4. The standard InChI is InChI=1S/C16H16O5/c1-19-11-5-6-13-9(7-11)3-4-10-8-12(17)16(20-2)14(18)15(10)21-13/h5-8,17-18H,3-4H2,1-2H3. The molecule has 5 nitrogen and oxygen atoms in total. The number of aryl methyl sites for hydroxylation is 2. The molecule has 0 bridgehead atoms. The van der Waals surface area contributed by atoms with Crippen molar-refractivity contribution in [2.24, 2.45) is 0 Å². The van der Waals surface area contributed by atoms with Crippen LogP contribution in [0.15, 0.2) is 24.3 Å². The molecule has 1 heterocycles. The van der Waals surface area contributed by atoms with Crippen LogP contribution in [0.25, 0.3) is 0 Å². The molecule has 2 aromatic carbocycles. The highest BCUT2D eigenvalue weighted by Gasteiger charge is 2.23. The van der Waals surface area contributed by atoms with E-state index in [4.69, 9.17) is 14.2 Å². The lowest BCUT2D eigenvalue weighted by Gasteiger charge is -2.14. The Morgan fingerprint density at radius 2 is 1.76 bits per heavy atom. The molecule has 0 saturated carbocycles. The van der Waals surface area contributed by atoms with Gasteiger partial charge in [-0.3, -0.25) is 0 Å². The number of aromatic hydroxyl groups is 2. The molecule has 0 amide bonds. The summed E-state index contributed by atoms with van der Waals surface area (Å²) < 4.78 is 16.1. The largest absolute Gasteiger partial charge is 0.504 e. The molecule has 0 aliphatic carbocycles. The Balaban J connectivity index is 2.10. The SMILES string of the molecule is COc1ccc2c(c1)CCc1cc(O)c(OC)c(O)c1O2. The predicted octanol–water partition coefficient (Wildman–Crippen LogP) is 3.01. The van der Waals surface area contributed by atoms with Gasteiger partial charge in [0, 0.05) is 5.56 Å². The van der Waals surface area contributed by atoms with Crippen molar-refractivity contribution in [3.05, 3.63) is 35.4 Å². The molecule has 5 heteroatoms. The maximum Gasteiger partial charge on any atom is 0.206 e. The molecule has 110 valence electrons. The summed E-state index contributed by atoms with van der Waals surface area (Å²) in [4.78, 5) is 0. The summed E-state index contributed by atoms with van der Waals surface area (Å²) in [5.74, 6) is 1.49. The van der Waals surface area contributed by atoms with Gasteiger partial charge in [0.1, 0.15) is 11.5 Å². The number of methoxy groups -OCH3 is 2. The Morgan fingerprint density at radius 3 is 2.48 bits per heavy atom. The summed E-state index contributed by atoms with van der Waals surface area (Å²) >= 11 is 0. The first-order valence-electron chi connectivity index (χ1n) is 6.60. The third-order valence-corrected chi connectivity index (χ3v) is 3.61. The summed E-state index contributed by atoms with van der Waals surface area (Å²) in [6.45, 7) is 0. The normalized spacial score (nSPS) is 12.7. The van der Waals surface area contributed by atoms with Crippen LogP contribution >= 0.6 is 0 Å². The molecular formula is C16H16O5. The van der Waals surface area contributed by atoms with Gasteiger partial charge in [0.15, 0.2) is 11.5 Å². The number of benzene rings is 2. The lowest BCUT2D eigenvalue weighted by Crippen LogP contribution is -1.93. The predicted molar refractivity (Wildman–Crippen MR) is 76.8 cm³/mol. The van der Waals surface area contributed by atoms with Crippen LogP contribution in [0.4, 0.5) is 0 Å². The summed E-state index contributed by atoms with van der Waals surface area (Å²) in [7, 11) is 3.00. The van der Waals surface area contributed by atoms with Gasteiger partial charge in [0.25, 0.3) is 0 Å². The highest BCUT2D eigenvalue weighted by Crippen LogP contribution is 2.49. The van der Waals surface area contributed by atoms with Gasteiger partial charge < -0.3 is 24.4 Å². The number of ether oxygens (including phenoxy) is 3. The lowest BCUT2D eigenvalue weighted by atomic mass is 10.0. The van der Waals surface area contributed by atoms with E-state index in [1.165, 1.54) is 7.11 Å². The number of rotatable bonds is 2. The van der Waals surface area contributed by atoms with Gasteiger partial charge in [-0.05, 0) is 42.7 Å². The summed E-state index contributed by atoms with van der Waals surface area (Å²) in [5, 5.41) is 20.1. The summed E-state index contributed by atoms with van der Waals surface area (Å²) in [6.07, 6.45) is 1.37. The third-order valence-electron chi connectivity index (χ3n) is 3.61. The van der Waals surface area contributed by atoms with E-state index in [0.717, 1.165) is 23.3 Å². The topological polar surface area (TPSA) is 68.2 Å². The van der Waals surface area contributed by atoms with Crippen LogP contribution in [0.3, 0.4) is 0 Å². The Morgan fingerprint density at radius 1 is 1.00 bits per heavy atom. The van der Waals surface area contributed by atoms with Crippen molar-refractivity contribution < 1.29 is 24.4 Å². The van der Waals surface area contributed by atoms with Gasteiger partial charge >= 0.3 is 0 Å². The number of hydrogen-bond acceptors (Lipinski definition) is 5. The van der Waals surface area contributed by atoms with Crippen LogP contribution in [0, 0.1) is 0 Å². The minimum atomic E-state index is -0.184. The Bertz CT molecular complexity index is 694. The summed E-state index contributed by atoms with van der Waals surface area (Å²) in [6, 6.07) is 7.09. The average molecular weight is 288 g/mol. The minimum Gasteiger partial charge on any atom is -0.504 e. The fourth-order valence-electron chi connectivity index (χ4n) is 2.53. The van der Waals surface area contributed by atoms with Gasteiger partial charge in [-0.1, -0.05) is 0 Å². The van der Waals surface area contributed by atoms with E-state index in [2.05, 4.69) is 0 Å². The van der Waals surface area contributed by atoms with Gasteiger partial charge in [-0.15, -0.1) is 0 Å². The molecule has 3 rings (SSSR count). The molecule has 2 aromatic rings. The molecule has 0 radical (unpaired) electrons. The molecule has 0 saturated heterocycles. The lowest BCUT2D eigenvalue weighted by molar-refractivity contribution is 0.331. The zero-order valence-electron chi connectivity index (χ0n) is 11.8. The number of hydrogen-bond donors (Lipinski definition) is 2. The minimum absolute atomic E-state index is 0.0192. The first-order chi connectivity index (χ1) is 10.1. The molecule has 21 heavy (non-hydrogen) atoms. The Labute approximate surface area is 122 Å². The van der Waals surface area contributed by atoms with E-state index in [9.17, 15) is 10.2 Å². The number of phenolic OH excluding ortho intramolecular Hbond substituents is 2. The van der Waals surface area contributed by atoms with Crippen molar-refractivity contribution in [2.75, 3.05) is 14.2 Å². The number of fused-ring (bicyclic) bond motifs is 2. The highest BCUT2D eigenvalue weighted by atomic mass is 16.5. The Kier molecular flexibility index (Phi) is 3.25. The van der Waals surface area contributed by atoms with Crippen LogP contribution in [0.5, 0.6) is 34.5 Å². The van der Waals surface area contributed by atoms with Crippen molar-refractivity contribution in [3.8, 4) is 34.5 Å². The summed E-state index contributed by atoms with van der Waals surface area (Å²) in [5.41, 5.74) is 1.73. The second-order valence-corrected chi connectivity index (χ2v) is 4.84. The van der Waals surface area contributed by atoms with E-state index < -0.39 is 0 Å². The van der Waals surface area contributed by atoms with Crippen LogP contribution in [-0.4, -0.2) is 24.4 Å². The molecule has 0 atom stereocenters. The van der Waals surface area contributed by atoms with Crippen molar-refractivity contribution in [2.45, 2.75) is 12.8 Å². The maximum absolute atomic E-state index is 10.2. The van der Waals surface area contributed by atoms with Gasteiger partial charge in [0.2, 0.25) is 11.5 Å². The molecule has 0 unspecified atom stereocenters. The number of phenols is 2. The Hall–Kier alpha value is -2.56. The van der Waals surface area contributed by atoms with Crippen molar-refractivity contribution in [3.63, 3.8) is 0 Å². The smallest absolute Gasteiger partial charge is 0.206 e. The molecule has 2 N–H and O–H groups in total. The quantitative estimate of drug-likeness (QED) is 0.889. The monoisotopic (exact) mass is 288 g/mol. The highest BCUT2D eigenvalue weighted by molar-refractivity contribution is 5.63. The van der Waals surface area contributed by atoms with Crippen molar-refractivity contribution in [1.29, 1.82) is 0 Å². The third kappa shape index (κ3) is 2.20. The van der Waals surface area contributed by atoms with Crippen LogP contribution in [-0.2, 0) is 12.8 Å². The molecule has 0 spiro atoms. The van der Waals surface area contributed by atoms with E-state index in [0.29, 0.717) is 17.9 Å². The van der Waals surface area contributed by atoms with Crippen molar-refractivity contribution in [1.82, 2.24) is 0 Å². The fourth-order valence-corrected chi connectivity index (χ4v) is 2.53. The molecule has 1 aliphatic rings. The van der Waals surface area contributed by atoms with Crippen molar-refractivity contribution >= 4 is 0 Å². The van der Waals surface area contributed by atoms with E-state index in [1.807, 2.05) is 12.1 Å². The molecule has 0 fully saturated rings. The van der Waals surface area contributed by atoms with Crippen LogP contribution in [0.2, 0.25) is 0 Å². The average Bonchev–Trinajstić information content (AvgIpc) is 2.67. The molecule has 0 aromatic heterocycles. The van der Waals surface area contributed by atoms with Gasteiger partial charge in [-0.2, -0.15) is 0 Å². The van der Waals surface area contributed by atoms with Gasteiger partial charge in [0.05, 0.1) is 14.2 Å². The van der Waals surface area contributed by atoms with E-state index >= 15 is 0 Å². The molecular weight excluding hydrogens is 272 g/mol. The van der Waals surface area contributed by atoms with Crippen LogP contribution < -0.4 is 14.2 Å². The second-order valence-electron chi connectivity index (χ2n) is 4.84. The zero-order valence-corrected chi connectivity index (χ0v) is 11.8. The van der Waals surface area contributed by atoms with Gasteiger partial charge in [-0.25, -0.2) is 0 Å². The maximum atomic E-state index is 10.2. The fraction of sp³-hybridized carbons (Fsp3) is 0.250. The van der Waals surface area contributed by atoms with E-state index in [1.54, 1.807) is 19.2 Å². The van der Waals surface area contributed by atoms with Crippen LogP contribution in [0.1, 0.15) is 11.1 Å². The zero-order chi connectivity index (χ0) is 15.0. The molecule has 1 aliphatic heterocycles.